The van der Waals surface area contributed by atoms with Gasteiger partial charge < -0.3 is 15.5 Å². The van der Waals surface area contributed by atoms with E-state index in [4.69, 9.17) is 10.5 Å². The zero-order valence-corrected chi connectivity index (χ0v) is 6.79. The van der Waals surface area contributed by atoms with Crippen LogP contribution in [0.2, 0.25) is 0 Å². The Morgan fingerprint density at radius 2 is 2.38 bits per heavy atom. The molecule has 13 heavy (non-hydrogen) atoms. The number of rotatable bonds is 1. The van der Waals surface area contributed by atoms with Crippen LogP contribution in [0.3, 0.4) is 0 Å². The molecular formula is C8H8N2O3. The van der Waals surface area contributed by atoms with Crippen LogP contribution < -0.4 is 16.0 Å². The highest BCUT2D eigenvalue weighted by atomic mass is 16.5. The van der Waals surface area contributed by atoms with Crippen molar-refractivity contribution in [1.82, 2.24) is 4.98 Å². The van der Waals surface area contributed by atoms with Gasteiger partial charge in [-0.25, -0.2) is 0 Å². The number of fused-ring (bicyclic) bond motifs is 1. The lowest BCUT2D eigenvalue weighted by Crippen LogP contribution is -2.24. The monoisotopic (exact) mass is 180 g/mol. The molecule has 68 valence electrons. The minimum absolute atomic E-state index is 0.0741. The largest absolute Gasteiger partial charge is 0.492 e. The summed E-state index contributed by atoms with van der Waals surface area (Å²) in [5, 5.41) is 0. The van der Waals surface area contributed by atoms with E-state index in [9.17, 15) is 9.59 Å². The normalized spacial score (nSPS) is 13.5. The van der Waals surface area contributed by atoms with Gasteiger partial charge in [0.15, 0.2) is 0 Å². The van der Waals surface area contributed by atoms with Gasteiger partial charge >= 0.3 is 0 Å². The molecule has 0 spiro atoms. The summed E-state index contributed by atoms with van der Waals surface area (Å²) in [6.45, 7) is 0.493. The highest BCUT2D eigenvalue weighted by molar-refractivity contribution is 5.95. The minimum atomic E-state index is -0.750. The molecule has 0 unspecified atom stereocenters. The van der Waals surface area contributed by atoms with Gasteiger partial charge in [0.25, 0.3) is 11.5 Å². The van der Waals surface area contributed by atoms with Crippen molar-refractivity contribution in [2.24, 2.45) is 5.73 Å². The number of nitrogens with one attached hydrogen (secondary N) is 1. The number of aromatic nitrogens is 1. The van der Waals surface area contributed by atoms with E-state index in [0.29, 0.717) is 18.8 Å². The van der Waals surface area contributed by atoms with Crippen molar-refractivity contribution in [2.45, 2.75) is 6.42 Å². The first-order chi connectivity index (χ1) is 6.20. The van der Waals surface area contributed by atoms with Crippen molar-refractivity contribution in [3.63, 3.8) is 0 Å². The lowest BCUT2D eigenvalue weighted by Gasteiger charge is -2.01. The molecule has 1 aromatic rings. The van der Waals surface area contributed by atoms with Crippen LogP contribution in [0.4, 0.5) is 0 Å². The van der Waals surface area contributed by atoms with Gasteiger partial charge in [0.2, 0.25) is 0 Å². The fraction of sp³-hybridized carbons (Fsp3) is 0.250. The molecule has 5 heteroatoms. The molecule has 2 rings (SSSR count). The average Bonchev–Trinajstić information content (AvgIpc) is 2.50. The van der Waals surface area contributed by atoms with Gasteiger partial charge in [-0.3, -0.25) is 9.59 Å². The molecule has 1 aliphatic heterocycles. The number of aromatic amines is 1. The van der Waals surface area contributed by atoms with Gasteiger partial charge in [0.1, 0.15) is 11.3 Å². The molecule has 3 N–H and O–H groups in total. The Morgan fingerprint density at radius 1 is 1.62 bits per heavy atom. The van der Waals surface area contributed by atoms with Crippen LogP contribution in [0.5, 0.6) is 5.75 Å². The summed E-state index contributed by atoms with van der Waals surface area (Å²) in [6.07, 6.45) is 2.25. The topological polar surface area (TPSA) is 85.2 Å². The summed E-state index contributed by atoms with van der Waals surface area (Å²) in [6, 6.07) is 0. The zero-order valence-electron chi connectivity index (χ0n) is 6.79. The molecule has 0 saturated heterocycles. The molecule has 0 saturated carbocycles. The number of ether oxygens (including phenoxy) is 1. The van der Waals surface area contributed by atoms with Gasteiger partial charge in [0, 0.05) is 18.2 Å². The third-order valence-electron chi connectivity index (χ3n) is 1.99. The van der Waals surface area contributed by atoms with Crippen molar-refractivity contribution in [2.75, 3.05) is 6.61 Å². The fourth-order valence-electron chi connectivity index (χ4n) is 1.39. The SMILES string of the molecule is NC(=O)c1c2c(c[nH]c1=O)CCO2. The summed E-state index contributed by atoms with van der Waals surface area (Å²) in [5.74, 6) is -0.406. The molecule has 0 bridgehead atoms. The summed E-state index contributed by atoms with van der Waals surface area (Å²) >= 11 is 0. The second kappa shape index (κ2) is 2.62. The standard InChI is InChI=1S/C8H8N2O3/c9-7(11)5-6-4(1-2-13-6)3-10-8(5)12/h3H,1-2H2,(H2,9,11)(H,10,12). The third-order valence-corrected chi connectivity index (χ3v) is 1.99. The number of H-pyrrole nitrogens is 1. The van der Waals surface area contributed by atoms with Crippen LogP contribution >= 0.6 is 0 Å². The molecule has 1 amide bonds. The number of hydrogen-bond acceptors (Lipinski definition) is 3. The predicted molar refractivity (Wildman–Crippen MR) is 44.8 cm³/mol. The molecule has 2 heterocycles. The predicted octanol–water partition coefficient (Wildman–Crippen LogP) is -0.591. The molecule has 0 fully saturated rings. The first-order valence-electron chi connectivity index (χ1n) is 3.87. The van der Waals surface area contributed by atoms with Crippen molar-refractivity contribution in [1.29, 1.82) is 0 Å². The van der Waals surface area contributed by atoms with Crippen molar-refractivity contribution in [3.05, 3.63) is 27.7 Å². The van der Waals surface area contributed by atoms with E-state index in [0.717, 1.165) is 5.56 Å². The van der Waals surface area contributed by atoms with Crippen LogP contribution in [0.1, 0.15) is 15.9 Å². The van der Waals surface area contributed by atoms with Gasteiger partial charge in [-0.2, -0.15) is 0 Å². The van der Waals surface area contributed by atoms with E-state index in [1.165, 1.54) is 0 Å². The van der Waals surface area contributed by atoms with Crippen molar-refractivity contribution in [3.8, 4) is 5.75 Å². The lowest BCUT2D eigenvalue weighted by molar-refractivity contribution is 0.0995. The molecule has 1 aliphatic rings. The molecule has 0 atom stereocenters. The van der Waals surface area contributed by atoms with E-state index in [2.05, 4.69) is 4.98 Å². The lowest BCUT2D eigenvalue weighted by atomic mass is 10.1. The quantitative estimate of drug-likeness (QED) is 0.605. The molecule has 5 nitrogen and oxygen atoms in total. The van der Waals surface area contributed by atoms with Crippen molar-refractivity contribution < 1.29 is 9.53 Å². The molecular weight excluding hydrogens is 172 g/mol. The van der Waals surface area contributed by atoms with Crippen LogP contribution in [-0.2, 0) is 6.42 Å². The van der Waals surface area contributed by atoms with E-state index in [-0.39, 0.29) is 5.56 Å². The number of carbonyl (C=O) groups is 1. The Hall–Kier alpha value is -1.78. The maximum Gasteiger partial charge on any atom is 0.264 e. The number of carbonyl (C=O) groups excluding carboxylic acids is 1. The average molecular weight is 180 g/mol. The van der Waals surface area contributed by atoms with E-state index < -0.39 is 11.5 Å². The second-order valence-electron chi connectivity index (χ2n) is 2.81. The number of amides is 1. The van der Waals surface area contributed by atoms with Gasteiger partial charge in [-0.15, -0.1) is 0 Å². The maximum absolute atomic E-state index is 11.2. The second-order valence-corrected chi connectivity index (χ2v) is 2.81. The molecule has 0 aromatic carbocycles. The molecule has 0 radical (unpaired) electrons. The van der Waals surface area contributed by atoms with Crippen LogP contribution in [-0.4, -0.2) is 17.5 Å². The van der Waals surface area contributed by atoms with Crippen LogP contribution in [0.15, 0.2) is 11.0 Å². The zero-order chi connectivity index (χ0) is 9.42. The summed E-state index contributed by atoms with van der Waals surface area (Å²) < 4.78 is 5.15. The van der Waals surface area contributed by atoms with E-state index in [1.807, 2.05) is 0 Å². The Balaban J connectivity index is 2.72. The number of primary amides is 1. The first-order valence-corrected chi connectivity index (χ1v) is 3.87. The number of hydrogen-bond donors (Lipinski definition) is 2. The third kappa shape index (κ3) is 1.09. The van der Waals surface area contributed by atoms with Gasteiger partial charge in [-0.05, 0) is 0 Å². The Morgan fingerprint density at radius 3 is 3.08 bits per heavy atom. The first kappa shape index (κ1) is 7.85. The van der Waals surface area contributed by atoms with E-state index in [1.54, 1.807) is 6.20 Å². The molecule has 0 aliphatic carbocycles. The summed E-state index contributed by atoms with van der Waals surface area (Å²) in [7, 11) is 0. The summed E-state index contributed by atoms with van der Waals surface area (Å²) in [5.41, 5.74) is 5.31. The summed E-state index contributed by atoms with van der Waals surface area (Å²) in [4.78, 5) is 24.5. The Kier molecular flexibility index (Phi) is 1.58. The van der Waals surface area contributed by atoms with Gasteiger partial charge in [-0.1, -0.05) is 0 Å². The smallest absolute Gasteiger partial charge is 0.264 e. The maximum atomic E-state index is 11.2. The number of nitrogens with two attached hydrogens (primary N) is 1. The number of pyridine rings is 1. The highest BCUT2D eigenvalue weighted by Crippen LogP contribution is 2.25. The van der Waals surface area contributed by atoms with E-state index >= 15 is 0 Å². The van der Waals surface area contributed by atoms with Crippen molar-refractivity contribution >= 4 is 5.91 Å². The fourth-order valence-corrected chi connectivity index (χ4v) is 1.39. The Bertz CT molecular complexity index is 422. The molecule has 1 aromatic heterocycles. The van der Waals surface area contributed by atoms with Crippen LogP contribution in [0, 0.1) is 0 Å². The van der Waals surface area contributed by atoms with Gasteiger partial charge in [0.05, 0.1) is 6.61 Å². The Labute approximate surface area is 73.5 Å². The highest BCUT2D eigenvalue weighted by Gasteiger charge is 2.22. The van der Waals surface area contributed by atoms with Crippen LogP contribution in [0.25, 0.3) is 0 Å². The minimum Gasteiger partial charge on any atom is -0.492 e.